The number of nitrogens with zero attached hydrogens (tertiary/aromatic N) is 1. The molecule has 2 atom stereocenters. The van der Waals surface area contributed by atoms with Gasteiger partial charge in [-0.15, -0.1) is 12.4 Å². The highest BCUT2D eigenvalue weighted by Gasteiger charge is 2.30. The first kappa shape index (κ1) is 20.1. The zero-order valence-corrected chi connectivity index (χ0v) is 16.2. The van der Waals surface area contributed by atoms with Crippen LogP contribution in [0.2, 0.25) is 5.02 Å². The van der Waals surface area contributed by atoms with Crippen LogP contribution in [-0.4, -0.2) is 38.8 Å². The molecule has 0 saturated carbocycles. The molecule has 25 heavy (non-hydrogen) atoms. The van der Waals surface area contributed by atoms with Crippen molar-refractivity contribution in [2.24, 2.45) is 0 Å². The van der Waals surface area contributed by atoms with Gasteiger partial charge in [-0.05, 0) is 38.2 Å². The summed E-state index contributed by atoms with van der Waals surface area (Å²) in [5.74, 6) is 1.12. The normalized spacial score (nSPS) is 19.5. The van der Waals surface area contributed by atoms with Crippen LogP contribution in [0.5, 0.6) is 5.75 Å². The second kappa shape index (κ2) is 9.44. The Morgan fingerprint density at radius 3 is 2.64 bits per heavy atom. The topological polar surface area (TPSA) is 21.7 Å². The van der Waals surface area contributed by atoms with E-state index in [1.54, 1.807) is 0 Å². The van der Waals surface area contributed by atoms with Crippen molar-refractivity contribution < 1.29 is 9.47 Å². The minimum atomic E-state index is -0.0258. The molecule has 0 fully saturated rings. The second-order valence-corrected chi connectivity index (χ2v) is 6.87. The van der Waals surface area contributed by atoms with Crippen LogP contribution in [0.25, 0.3) is 0 Å². The molecule has 0 spiro atoms. The van der Waals surface area contributed by atoms with E-state index in [1.807, 2.05) is 24.3 Å². The highest BCUT2D eigenvalue weighted by molar-refractivity contribution is 6.30. The van der Waals surface area contributed by atoms with Crippen molar-refractivity contribution in [1.82, 2.24) is 4.90 Å². The van der Waals surface area contributed by atoms with Crippen molar-refractivity contribution in [1.29, 1.82) is 0 Å². The maximum atomic E-state index is 6.34. The maximum absolute atomic E-state index is 6.34. The molecule has 5 heteroatoms. The summed E-state index contributed by atoms with van der Waals surface area (Å²) in [4.78, 5) is 2.13. The quantitative estimate of drug-likeness (QED) is 0.731. The van der Waals surface area contributed by atoms with Crippen LogP contribution in [0.4, 0.5) is 0 Å². The Bertz CT molecular complexity index is 664. The highest BCUT2D eigenvalue weighted by atomic mass is 35.5. The maximum Gasteiger partial charge on any atom is 0.126 e. The summed E-state index contributed by atoms with van der Waals surface area (Å²) >= 11 is 6.15. The number of halogens is 2. The van der Waals surface area contributed by atoms with Gasteiger partial charge in [-0.3, -0.25) is 0 Å². The number of hydrogen-bond donors (Lipinski definition) is 0. The van der Waals surface area contributed by atoms with Crippen LogP contribution in [0.1, 0.15) is 29.6 Å². The van der Waals surface area contributed by atoms with Crippen molar-refractivity contribution >= 4 is 24.0 Å². The first-order chi connectivity index (χ1) is 11.6. The molecular weight excluding hydrogens is 357 g/mol. The van der Waals surface area contributed by atoms with Gasteiger partial charge >= 0.3 is 0 Å². The smallest absolute Gasteiger partial charge is 0.126 e. The van der Waals surface area contributed by atoms with Crippen molar-refractivity contribution in [3.63, 3.8) is 0 Å². The van der Waals surface area contributed by atoms with Crippen LogP contribution in [-0.2, 0) is 4.74 Å². The number of hydrogen-bond acceptors (Lipinski definition) is 3. The summed E-state index contributed by atoms with van der Waals surface area (Å²) in [5, 5.41) is 0.693. The number of rotatable bonds is 5. The Morgan fingerprint density at radius 1 is 1.16 bits per heavy atom. The summed E-state index contributed by atoms with van der Waals surface area (Å²) in [6.07, 6.45) is 0.894. The lowest BCUT2D eigenvalue weighted by molar-refractivity contribution is 0.0249. The van der Waals surface area contributed by atoms with E-state index in [9.17, 15) is 0 Å². The number of benzene rings is 2. The lowest BCUT2D eigenvalue weighted by Crippen LogP contribution is -2.22. The third kappa shape index (κ3) is 5.11. The molecule has 3 nitrogen and oxygen atoms in total. The molecule has 0 aromatic heterocycles. The Hall–Kier alpha value is -1.26. The van der Waals surface area contributed by atoms with Crippen LogP contribution >= 0.6 is 24.0 Å². The van der Waals surface area contributed by atoms with E-state index in [-0.39, 0.29) is 24.4 Å². The van der Waals surface area contributed by atoms with Gasteiger partial charge < -0.3 is 14.4 Å². The van der Waals surface area contributed by atoms with Gasteiger partial charge in [-0.1, -0.05) is 48.0 Å². The number of fused-ring (bicyclic) bond motifs is 1. The van der Waals surface area contributed by atoms with Crippen molar-refractivity contribution in [3.8, 4) is 5.75 Å². The molecule has 0 radical (unpaired) electrons. The summed E-state index contributed by atoms with van der Waals surface area (Å²) in [6, 6.07) is 16.4. The average molecular weight is 382 g/mol. The van der Waals surface area contributed by atoms with Gasteiger partial charge in [0.05, 0.1) is 19.3 Å². The minimum Gasteiger partial charge on any atom is -0.493 e. The third-order valence-corrected chi connectivity index (χ3v) is 4.63. The fourth-order valence-corrected chi connectivity index (χ4v) is 3.30. The fourth-order valence-electron chi connectivity index (χ4n) is 3.14. The minimum absolute atomic E-state index is 0. The van der Waals surface area contributed by atoms with Gasteiger partial charge in [-0.25, -0.2) is 0 Å². The highest BCUT2D eigenvalue weighted by Crippen LogP contribution is 2.43. The van der Waals surface area contributed by atoms with Crippen molar-refractivity contribution in [2.75, 3.05) is 33.9 Å². The molecule has 0 aliphatic carbocycles. The van der Waals surface area contributed by atoms with Gasteiger partial charge in [-0.2, -0.15) is 0 Å². The Balaban J connectivity index is 0.00000225. The molecule has 136 valence electrons. The summed E-state index contributed by atoms with van der Waals surface area (Å²) in [6.45, 7) is 2.24. The fraction of sp³-hybridized carbons (Fsp3) is 0.400. The number of ether oxygens (including phenoxy) is 2. The molecule has 0 amide bonds. The Morgan fingerprint density at radius 2 is 1.92 bits per heavy atom. The molecule has 2 aromatic rings. The van der Waals surface area contributed by atoms with Crippen molar-refractivity contribution in [2.45, 2.75) is 18.4 Å². The van der Waals surface area contributed by atoms with Gasteiger partial charge in [0.25, 0.3) is 0 Å². The molecule has 0 bridgehead atoms. The van der Waals surface area contributed by atoms with Gasteiger partial charge in [0.2, 0.25) is 0 Å². The Kier molecular flexibility index (Phi) is 7.57. The monoisotopic (exact) mass is 381 g/mol. The van der Waals surface area contributed by atoms with E-state index in [4.69, 9.17) is 21.1 Å². The SMILES string of the molecule is CN(C)CCOC1c2ccc(Cl)cc2OCCC1c1ccccc1.Cl. The van der Waals surface area contributed by atoms with E-state index >= 15 is 0 Å². The zero-order chi connectivity index (χ0) is 16.9. The van der Waals surface area contributed by atoms with E-state index in [2.05, 4.69) is 43.3 Å². The summed E-state index contributed by atoms with van der Waals surface area (Å²) in [5.41, 5.74) is 2.38. The molecule has 2 aromatic carbocycles. The van der Waals surface area contributed by atoms with E-state index < -0.39 is 0 Å². The number of likely N-dealkylation sites (N-methyl/N-ethyl adjacent to an activating group) is 1. The predicted molar refractivity (Wildman–Crippen MR) is 105 cm³/mol. The predicted octanol–water partition coefficient (Wildman–Crippen LogP) is 4.95. The van der Waals surface area contributed by atoms with Crippen molar-refractivity contribution in [3.05, 3.63) is 64.7 Å². The van der Waals surface area contributed by atoms with Gasteiger partial charge in [0, 0.05) is 23.0 Å². The van der Waals surface area contributed by atoms with Crippen LogP contribution in [0, 0.1) is 0 Å². The van der Waals surface area contributed by atoms with Gasteiger partial charge in [0.15, 0.2) is 0 Å². The third-order valence-electron chi connectivity index (χ3n) is 4.40. The molecule has 0 N–H and O–H groups in total. The first-order valence-corrected chi connectivity index (χ1v) is 8.76. The molecule has 1 heterocycles. The molecule has 0 saturated heterocycles. The zero-order valence-electron chi connectivity index (χ0n) is 14.7. The van der Waals surface area contributed by atoms with E-state index in [1.165, 1.54) is 5.56 Å². The van der Waals surface area contributed by atoms with E-state index in [0.29, 0.717) is 18.2 Å². The second-order valence-electron chi connectivity index (χ2n) is 6.43. The first-order valence-electron chi connectivity index (χ1n) is 8.38. The Labute approximate surface area is 161 Å². The van der Waals surface area contributed by atoms with Crippen LogP contribution < -0.4 is 4.74 Å². The molecular formula is C20H25Cl2NO2. The van der Waals surface area contributed by atoms with E-state index in [0.717, 1.165) is 24.3 Å². The standard InChI is InChI=1S/C20H24ClNO2.ClH/c1-22(2)11-13-24-20-17(15-6-4-3-5-7-15)10-12-23-19-14-16(21)8-9-18(19)20;/h3-9,14,17,20H,10-13H2,1-2H3;1H. The summed E-state index contributed by atoms with van der Waals surface area (Å²) < 4.78 is 12.3. The lowest BCUT2D eigenvalue weighted by Gasteiger charge is -2.27. The average Bonchev–Trinajstić information content (AvgIpc) is 2.74. The lowest BCUT2D eigenvalue weighted by atomic mass is 9.87. The van der Waals surface area contributed by atoms with Crippen LogP contribution in [0.15, 0.2) is 48.5 Å². The largest absolute Gasteiger partial charge is 0.493 e. The summed E-state index contributed by atoms with van der Waals surface area (Å²) in [7, 11) is 4.12. The molecule has 1 aliphatic rings. The molecule has 1 aliphatic heterocycles. The van der Waals surface area contributed by atoms with Crippen LogP contribution in [0.3, 0.4) is 0 Å². The molecule has 2 unspecified atom stereocenters. The molecule has 3 rings (SSSR count). The van der Waals surface area contributed by atoms with Gasteiger partial charge in [0.1, 0.15) is 5.75 Å².